The zero-order valence-corrected chi connectivity index (χ0v) is 10.4. The number of hydrogen-bond acceptors (Lipinski definition) is 3. The summed E-state index contributed by atoms with van der Waals surface area (Å²) in [6.45, 7) is 3.07. The molecule has 1 saturated heterocycles. The number of carbonyl (C=O) groups excluding carboxylic acids is 1. The molecule has 0 aromatic heterocycles. The molecule has 0 aliphatic carbocycles. The molecule has 96 valence electrons. The van der Waals surface area contributed by atoms with Gasteiger partial charge in [-0.15, -0.1) is 0 Å². The van der Waals surface area contributed by atoms with E-state index < -0.39 is 0 Å². The molecule has 1 N–H and O–H groups in total. The standard InChI is InChI=1S/C14H18N2O2/c17-14-10-18-13-6-2-1-5-12(13)16(14)9-11-4-3-7-15-8-11/h1-2,5-6,11,15H,3-4,7-10H2. The van der Waals surface area contributed by atoms with Gasteiger partial charge in [-0.3, -0.25) is 4.79 Å². The molecule has 1 aromatic carbocycles. The first-order chi connectivity index (χ1) is 8.84. The fraction of sp³-hybridized carbons (Fsp3) is 0.500. The Bertz CT molecular complexity index is 441. The molecule has 0 spiro atoms. The monoisotopic (exact) mass is 246 g/mol. The van der Waals surface area contributed by atoms with E-state index in [0.29, 0.717) is 5.92 Å². The summed E-state index contributed by atoms with van der Waals surface area (Å²) in [5.74, 6) is 1.44. The Morgan fingerprint density at radius 2 is 2.28 bits per heavy atom. The van der Waals surface area contributed by atoms with Crippen molar-refractivity contribution in [2.24, 2.45) is 5.92 Å². The molecule has 1 unspecified atom stereocenters. The zero-order chi connectivity index (χ0) is 12.4. The highest BCUT2D eigenvalue weighted by molar-refractivity contribution is 5.97. The molecule has 2 heterocycles. The van der Waals surface area contributed by atoms with E-state index in [1.165, 1.54) is 12.8 Å². The van der Waals surface area contributed by atoms with Crippen LogP contribution in [-0.4, -0.2) is 32.1 Å². The summed E-state index contributed by atoms with van der Waals surface area (Å²) in [6, 6.07) is 7.78. The van der Waals surface area contributed by atoms with Gasteiger partial charge in [0.2, 0.25) is 0 Å². The van der Waals surface area contributed by atoms with Crippen LogP contribution < -0.4 is 15.0 Å². The highest BCUT2D eigenvalue weighted by atomic mass is 16.5. The van der Waals surface area contributed by atoms with Gasteiger partial charge in [0.15, 0.2) is 6.61 Å². The van der Waals surface area contributed by atoms with Crippen LogP contribution in [0, 0.1) is 5.92 Å². The van der Waals surface area contributed by atoms with Crippen molar-refractivity contribution in [1.82, 2.24) is 5.32 Å². The first kappa shape index (κ1) is 11.5. The van der Waals surface area contributed by atoms with Crippen LogP contribution in [0.15, 0.2) is 24.3 Å². The second-order valence-electron chi connectivity index (χ2n) is 4.97. The lowest BCUT2D eigenvalue weighted by molar-refractivity contribution is -0.121. The van der Waals surface area contributed by atoms with Crippen molar-refractivity contribution in [2.45, 2.75) is 12.8 Å². The molecule has 0 bridgehead atoms. The van der Waals surface area contributed by atoms with Crippen molar-refractivity contribution in [3.63, 3.8) is 0 Å². The predicted octanol–water partition coefficient (Wildman–Crippen LogP) is 1.41. The smallest absolute Gasteiger partial charge is 0.265 e. The number of hydrogen-bond donors (Lipinski definition) is 1. The Morgan fingerprint density at radius 3 is 3.11 bits per heavy atom. The molecule has 1 amide bonds. The molecular formula is C14H18N2O2. The van der Waals surface area contributed by atoms with E-state index in [9.17, 15) is 4.79 Å². The number of benzene rings is 1. The average molecular weight is 246 g/mol. The third kappa shape index (κ3) is 2.20. The fourth-order valence-electron chi connectivity index (χ4n) is 2.69. The van der Waals surface area contributed by atoms with Gasteiger partial charge in [0.25, 0.3) is 5.91 Å². The lowest BCUT2D eigenvalue weighted by Crippen LogP contribution is -2.44. The molecule has 0 radical (unpaired) electrons. The summed E-state index contributed by atoms with van der Waals surface area (Å²) in [5.41, 5.74) is 0.916. The number of para-hydroxylation sites is 2. The highest BCUT2D eigenvalue weighted by Crippen LogP contribution is 2.32. The SMILES string of the molecule is O=C1COc2ccccc2N1CC1CCCNC1. The maximum Gasteiger partial charge on any atom is 0.265 e. The topological polar surface area (TPSA) is 41.6 Å². The molecule has 4 heteroatoms. The first-order valence-corrected chi connectivity index (χ1v) is 6.57. The van der Waals surface area contributed by atoms with Crippen LogP contribution >= 0.6 is 0 Å². The number of nitrogens with one attached hydrogen (secondary N) is 1. The van der Waals surface area contributed by atoms with Crippen molar-refractivity contribution in [3.8, 4) is 5.75 Å². The second-order valence-corrected chi connectivity index (χ2v) is 4.97. The molecule has 3 rings (SSSR count). The van der Waals surface area contributed by atoms with Gasteiger partial charge in [0.1, 0.15) is 5.75 Å². The number of ether oxygens (including phenoxy) is 1. The van der Waals surface area contributed by atoms with Gasteiger partial charge in [-0.05, 0) is 44.0 Å². The van der Waals surface area contributed by atoms with Gasteiger partial charge in [0, 0.05) is 6.54 Å². The second kappa shape index (κ2) is 4.98. The van der Waals surface area contributed by atoms with Crippen LogP contribution in [0.5, 0.6) is 5.75 Å². The summed E-state index contributed by atoms with van der Waals surface area (Å²) >= 11 is 0. The van der Waals surface area contributed by atoms with E-state index >= 15 is 0 Å². The summed E-state index contributed by atoms with van der Waals surface area (Å²) < 4.78 is 5.45. The molecule has 1 atom stereocenters. The lowest BCUT2D eigenvalue weighted by atomic mass is 9.98. The Morgan fingerprint density at radius 1 is 1.39 bits per heavy atom. The van der Waals surface area contributed by atoms with Gasteiger partial charge in [-0.2, -0.15) is 0 Å². The van der Waals surface area contributed by atoms with Crippen molar-refractivity contribution in [1.29, 1.82) is 0 Å². The molecular weight excluding hydrogens is 228 g/mol. The van der Waals surface area contributed by atoms with Crippen LogP contribution in [-0.2, 0) is 4.79 Å². The largest absolute Gasteiger partial charge is 0.482 e. The molecule has 1 fully saturated rings. The summed E-state index contributed by atoms with van der Waals surface area (Å²) in [6.07, 6.45) is 2.39. The van der Waals surface area contributed by atoms with Crippen molar-refractivity contribution in [3.05, 3.63) is 24.3 Å². The minimum atomic E-state index is 0.0688. The number of rotatable bonds is 2. The van der Waals surface area contributed by atoms with Gasteiger partial charge >= 0.3 is 0 Å². The van der Waals surface area contributed by atoms with Crippen molar-refractivity contribution in [2.75, 3.05) is 31.1 Å². The van der Waals surface area contributed by atoms with Crippen LogP contribution in [0.1, 0.15) is 12.8 Å². The Labute approximate surface area is 107 Å². The summed E-state index contributed by atoms with van der Waals surface area (Å²) in [5, 5.41) is 3.39. The average Bonchev–Trinajstić information content (AvgIpc) is 2.43. The number of piperidine rings is 1. The lowest BCUT2D eigenvalue weighted by Gasteiger charge is -2.33. The Hall–Kier alpha value is -1.55. The quantitative estimate of drug-likeness (QED) is 0.858. The van der Waals surface area contributed by atoms with Crippen LogP contribution in [0.3, 0.4) is 0 Å². The highest BCUT2D eigenvalue weighted by Gasteiger charge is 2.27. The Balaban J connectivity index is 1.79. The van der Waals surface area contributed by atoms with Gasteiger partial charge in [-0.1, -0.05) is 12.1 Å². The maximum absolute atomic E-state index is 12.0. The van der Waals surface area contributed by atoms with Gasteiger partial charge in [-0.25, -0.2) is 0 Å². The maximum atomic E-state index is 12.0. The van der Waals surface area contributed by atoms with E-state index in [0.717, 1.165) is 31.1 Å². The van der Waals surface area contributed by atoms with E-state index in [1.54, 1.807) is 0 Å². The summed E-state index contributed by atoms with van der Waals surface area (Å²) in [4.78, 5) is 13.9. The Kier molecular flexibility index (Phi) is 3.19. The summed E-state index contributed by atoms with van der Waals surface area (Å²) in [7, 11) is 0. The number of carbonyl (C=O) groups is 1. The van der Waals surface area contributed by atoms with Crippen molar-refractivity contribution >= 4 is 11.6 Å². The fourth-order valence-corrected chi connectivity index (χ4v) is 2.69. The number of anilines is 1. The number of amides is 1. The predicted molar refractivity (Wildman–Crippen MR) is 69.9 cm³/mol. The van der Waals surface area contributed by atoms with E-state index in [1.807, 2.05) is 29.2 Å². The third-order valence-corrected chi connectivity index (χ3v) is 3.65. The number of nitrogens with zero attached hydrogens (tertiary/aromatic N) is 1. The number of fused-ring (bicyclic) bond motifs is 1. The first-order valence-electron chi connectivity index (χ1n) is 6.57. The molecule has 2 aliphatic heterocycles. The van der Waals surface area contributed by atoms with E-state index in [4.69, 9.17) is 4.74 Å². The van der Waals surface area contributed by atoms with E-state index in [-0.39, 0.29) is 12.5 Å². The third-order valence-electron chi connectivity index (χ3n) is 3.65. The van der Waals surface area contributed by atoms with Gasteiger partial charge < -0.3 is 15.0 Å². The molecule has 0 saturated carbocycles. The van der Waals surface area contributed by atoms with Crippen LogP contribution in [0.2, 0.25) is 0 Å². The van der Waals surface area contributed by atoms with E-state index in [2.05, 4.69) is 5.32 Å². The molecule has 2 aliphatic rings. The molecule has 1 aromatic rings. The van der Waals surface area contributed by atoms with Gasteiger partial charge in [0.05, 0.1) is 5.69 Å². The van der Waals surface area contributed by atoms with Crippen LogP contribution in [0.25, 0.3) is 0 Å². The molecule has 4 nitrogen and oxygen atoms in total. The van der Waals surface area contributed by atoms with Crippen LogP contribution in [0.4, 0.5) is 5.69 Å². The normalized spacial score (nSPS) is 23.4. The molecule has 18 heavy (non-hydrogen) atoms. The minimum Gasteiger partial charge on any atom is -0.482 e. The zero-order valence-electron chi connectivity index (χ0n) is 10.4. The minimum absolute atomic E-state index is 0.0688. The van der Waals surface area contributed by atoms with Crippen molar-refractivity contribution < 1.29 is 9.53 Å².